The van der Waals surface area contributed by atoms with E-state index in [4.69, 9.17) is 5.73 Å². The van der Waals surface area contributed by atoms with Gasteiger partial charge in [-0.05, 0) is 30.5 Å². The Labute approximate surface area is 143 Å². The highest BCUT2D eigenvalue weighted by molar-refractivity contribution is 5.83. The van der Waals surface area contributed by atoms with Gasteiger partial charge in [-0.15, -0.1) is 0 Å². The molecule has 2 unspecified atom stereocenters. The number of nitrogens with zero attached hydrogens (tertiary/aromatic N) is 1. The van der Waals surface area contributed by atoms with Gasteiger partial charge in [0.15, 0.2) is 0 Å². The molecule has 0 saturated carbocycles. The summed E-state index contributed by atoms with van der Waals surface area (Å²) in [7, 11) is 0. The molecule has 2 aromatic carbocycles. The van der Waals surface area contributed by atoms with Crippen LogP contribution >= 0.6 is 0 Å². The van der Waals surface area contributed by atoms with Crippen LogP contribution in [0, 0.1) is 0 Å². The lowest BCUT2D eigenvalue weighted by Crippen LogP contribution is -2.49. The van der Waals surface area contributed by atoms with Crippen molar-refractivity contribution in [3.8, 4) is 0 Å². The first-order valence-electron chi connectivity index (χ1n) is 8.59. The van der Waals surface area contributed by atoms with Crippen LogP contribution in [0.1, 0.15) is 30.0 Å². The Balaban J connectivity index is 1.54. The van der Waals surface area contributed by atoms with Crippen LogP contribution in [0.2, 0.25) is 0 Å². The SMILES string of the molecule is NC(C(=O)NC1CCCN(Cc2ccccc2)C1)c1ccccc1. The van der Waals surface area contributed by atoms with Gasteiger partial charge in [0, 0.05) is 19.1 Å². The van der Waals surface area contributed by atoms with Crippen molar-refractivity contribution in [1.82, 2.24) is 10.2 Å². The second-order valence-corrected chi connectivity index (χ2v) is 6.46. The number of nitrogens with two attached hydrogens (primary N) is 1. The first kappa shape index (κ1) is 16.7. The number of amides is 1. The Bertz CT molecular complexity index is 644. The topological polar surface area (TPSA) is 58.4 Å². The zero-order valence-electron chi connectivity index (χ0n) is 13.9. The minimum Gasteiger partial charge on any atom is -0.350 e. The number of benzene rings is 2. The summed E-state index contributed by atoms with van der Waals surface area (Å²) in [5.74, 6) is -0.0900. The lowest BCUT2D eigenvalue weighted by atomic mass is 10.0. The molecular formula is C20H25N3O. The van der Waals surface area contributed by atoms with Crippen molar-refractivity contribution in [2.24, 2.45) is 5.73 Å². The summed E-state index contributed by atoms with van der Waals surface area (Å²) in [5.41, 5.74) is 8.25. The van der Waals surface area contributed by atoms with Crippen LogP contribution in [0.4, 0.5) is 0 Å². The summed E-state index contributed by atoms with van der Waals surface area (Å²) in [6.45, 7) is 2.88. The fourth-order valence-electron chi connectivity index (χ4n) is 3.26. The second kappa shape index (κ2) is 8.08. The van der Waals surface area contributed by atoms with Crippen molar-refractivity contribution in [2.75, 3.05) is 13.1 Å². The van der Waals surface area contributed by atoms with E-state index >= 15 is 0 Å². The Kier molecular flexibility index (Phi) is 5.62. The van der Waals surface area contributed by atoms with Crippen LogP contribution in [0.5, 0.6) is 0 Å². The number of carbonyl (C=O) groups excluding carboxylic acids is 1. The Morgan fingerprint density at radius 3 is 2.50 bits per heavy atom. The third kappa shape index (κ3) is 4.43. The Morgan fingerprint density at radius 2 is 1.79 bits per heavy atom. The van der Waals surface area contributed by atoms with Crippen LogP contribution in [0.15, 0.2) is 60.7 Å². The normalized spacial score (nSPS) is 19.6. The van der Waals surface area contributed by atoms with Gasteiger partial charge in [0.05, 0.1) is 0 Å². The zero-order chi connectivity index (χ0) is 16.8. The minimum absolute atomic E-state index is 0.0900. The maximum atomic E-state index is 12.4. The third-order valence-electron chi connectivity index (χ3n) is 4.54. The molecule has 1 aliphatic heterocycles. The van der Waals surface area contributed by atoms with Gasteiger partial charge in [0.1, 0.15) is 6.04 Å². The number of hydrogen-bond acceptors (Lipinski definition) is 3. The molecule has 24 heavy (non-hydrogen) atoms. The van der Waals surface area contributed by atoms with E-state index in [2.05, 4.69) is 34.5 Å². The lowest BCUT2D eigenvalue weighted by Gasteiger charge is -2.33. The van der Waals surface area contributed by atoms with Gasteiger partial charge in [0.25, 0.3) is 0 Å². The van der Waals surface area contributed by atoms with Gasteiger partial charge in [-0.25, -0.2) is 0 Å². The fourth-order valence-corrected chi connectivity index (χ4v) is 3.26. The van der Waals surface area contributed by atoms with Gasteiger partial charge in [-0.2, -0.15) is 0 Å². The van der Waals surface area contributed by atoms with Gasteiger partial charge in [0.2, 0.25) is 5.91 Å². The minimum atomic E-state index is -0.601. The standard InChI is InChI=1S/C20H25N3O/c21-19(17-10-5-2-6-11-17)20(24)22-18-12-7-13-23(15-18)14-16-8-3-1-4-9-16/h1-6,8-11,18-19H,7,12-15,21H2,(H,22,24). The average molecular weight is 323 g/mol. The molecule has 0 aromatic heterocycles. The molecule has 1 saturated heterocycles. The molecule has 3 N–H and O–H groups in total. The largest absolute Gasteiger partial charge is 0.350 e. The summed E-state index contributed by atoms with van der Waals surface area (Å²) in [4.78, 5) is 14.8. The number of rotatable bonds is 5. The first-order valence-corrected chi connectivity index (χ1v) is 8.59. The second-order valence-electron chi connectivity index (χ2n) is 6.46. The highest BCUT2D eigenvalue weighted by Crippen LogP contribution is 2.15. The van der Waals surface area contributed by atoms with Crippen molar-refractivity contribution in [3.63, 3.8) is 0 Å². The van der Waals surface area contributed by atoms with Crippen molar-refractivity contribution in [1.29, 1.82) is 0 Å². The quantitative estimate of drug-likeness (QED) is 0.889. The predicted octanol–water partition coefficient (Wildman–Crippen LogP) is 2.47. The molecule has 1 fully saturated rings. The van der Waals surface area contributed by atoms with E-state index in [1.165, 1.54) is 5.56 Å². The zero-order valence-corrected chi connectivity index (χ0v) is 13.9. The first-order chi connectivity index (χ1) is 11.7. The molecule has 2 aromatic rings. The summed E-state index contributed by atoms with van der Waals surface area (Å²) in [6.07, 6.45) is 2.11. The monoisotopic (exact) mass is 323 g/mol. The van der Waals surface area contributed by atoms with Crippen LogP contribution in [-0.4, -0.2) is 29.9 Å². The molecule has 3 rings (SSSR count). The van der Waals surface area contributed by atoms with Gasteiger partial charge in [-0.1, -0.05) is 60.7 Å². The fraction of sp³-hybridized carbons (Fsp3) is 0.350. The molecule has 126 valence electrons. The van der Waals surface area contributed by atoms with Crippen molar-refractivity contribution in [3.05, 3.63) is 71.8 Å². The molecule has 0 spiro atoms. The van der Waals surface area contributed by atoms with Crippen LogP contribution in [0.25, 0.3) is 0 Å². The molecule has 4 heteroatoms. The van der Waals surface area contributed by atoms with Crippen LogP contribution in [-0.2, 0) is 11.3 Å². The van der Waals surface area contributed by atoms with E-state index in [0.29, 0.717) is 0 Å². The number of piperidine rings is 1. The van der Waals surface area contributed by atoms with E-state index in [0.717, 1.165) is 38.0 Å². The van der Waals surface area contributed by atoms with Crippen molar-refractivity contribution in [2.45, 2.75) is 31.5 Å². The molecule has 1 amide bonds. The molecule has 0 radical (unpaired) electrons. The molecule has 1 heterocycles. The average Bonchev–Trinajstić information content (AvgIpc) is 2.63. The van der Waals surface area contributed by atoms with Crippen molar-refractivity contribution >= 4 is 5.91 Å². The van der Waals surface area contributed by atoms with Crippen LogP contribution < -0.4 is 11.1 Å². The summed E-state index contributed by atoms with van der Waals surface area (Å²) in [6, 6.07) is 19.6. The Hall–Kier alpha value is -2.17. The molecule has 1 aliphatic rings. The number of nitrogens with one attached hydrogen (secondary N) is 1. The lowest BCUT2D eigenvalue weighted by molar-refractivity contribution is -0.123. The summed E-state index contributed by atoms with van der Waals surface area (Å²) >= 11 is 0. The van der Waals surface area contributed by atoms with E-state index < -0.39 is 6.04 Å². The molecule has 0 aliphatic carbocycles. The number of carbonyl (C=O) groups is 1. The predicted molar refractivity (Wildman–Crippen MR) is 96.3 cm³/mol. The molecule has 4 nitrogen and oxygen atoms in total. The van der Waals surface area contributed by atoms with E-state index in [9.17, 15) is 4.79 Å². The molecule has 2 atom stereocenters. The number of likely N-dealkylation sites (tertiary alicyclic amines) is 1. The summed E-state index contributed by atoms with van der Waals surface area (Å²) < 4.78 is 0. The maximum Gasteiger partial charge on any atom is 0.241 e. The van der Waals surface area contributed by atoms with Gasteiger partial charge < -0.3 is 11.1 Å². The molecular weight excluding hydrogens is 298 g/mol. The Morgan fingerprint density at radius 1 is 1.12 bits per heavy atom. The maximum absolute atomic E-state index is 12.4. The van der Waals surface area contributed by atoms with Crippen LogP contribution in [0.3, 0.4) is 0 Å². The highest BCUT2D eigenvalue weighted by Gasteiger charge is 2.24. The third-order valence-corrected chi connectivity index (χ3v) is 4.54. The number of hydrogen-bond donors (Lipinski definition) is 2. The van der Waals surface area contributed by atoms with Gasteiger partial charge >= 0.3 is 0 Å². The van der Waals surface area contributed by atoms with Crippen molar-refractivity contribution < 1.29 is 4.79 Å². The van der Waals surface area contributed by atoms with E-state index in [1.807, 2.05) is 36.4 Å². The smallest absolute Gasteiger partial charge is 0.241 e. The summed E-state index contributed by atoms with van der Waals surface area (Å²) in [5, 5.41) is 3.13. The van der Waals surface area contributed by atoms with E-state index in [-0.39, 0.29) is 11.9 Å². The van der Waals surface area contributed by atoms with E-state index in [1.54, 1.807) is 0 Å². The molecule has 0 bridgehead atoms. The highest BCUT2D eigenvalue weighted by atomic mass is 16.2. The van der Waals surface area contributed by atoms with Gasteiger partial charge in [-0.3, -0.25) is 9.69 Å².